The first-order valence-corrected chi connectivity index (χ1v) is 4.43. The first-order valence-electron chi connectivity index (χ1n) is 4.43. The zero-order valence-electron chi connectivity index (χ0n) is 8.40. The van der Waals surface area contributed by atoms with Gasteiger partial charge in [-0.05, 0) is 6.92 Å². The van der Waals surface area contributed by atoms with Crippen LogP contribution in [0.3, 0.4) is 0 Å². The predicted octanol–water partition coefficient (Wildman–Crippen LogP) is 1.68. The largest absolute Gasteiger partial charge is 0.490 e. The molecule has 5 nitrogen and oxygen atoms in total. The van der Waals surface area contributed by atoms with E-state index in [1.807, 2.05) is 13.8 Å². The topological polar surface area (TPSA) is 72.6 Å². The summed E-state index contributed by atoms with van der Waals surface area (Å²) in [5, 5.41) is 9.27. The Morgan fingerprint density at radius 1 is 1.64 bits per heavy atom. The van der Waals surface area contributed by atoms with E-state index in [0.29, 0.717) is 5.89 Å². The number of oxazole rings is 1. The second kappa shape index (κ2) is 4.13. The van der Waals surface area contributed by atoms with Gasteiger partial charge < -0.3 is 14.3 Å². The van der Waals surface area contributed by atoms with E-state index in [2.05, 4.69) is 9.72 Å². The van der Waals surface area contributed by atoms with Crippen LogP contribution >= 0.6 is 0 Å². The maximum atomic E-state index is 11.2. The summed E-state index contributed by atoms with van der Waals surface area (Å²) >= 11 is 0. The molecule has 0 spiro atoms. The summed E-state index contributed by atoms with van der Waals surface area (Å²) in [5.74, 6) is -0.985. The molecule has 0 aliphatic rings. The second-order valence-electron chi connectivity index (χ2n) is 3.08. The number of aromatic nitrogens is 1. The second-order valence-corrected chi connectivity index (χ2v) is 3.08. The average molecular weight is 199 g/mol. The van der Waals surface area contributed by atoms with Gasteiger partial charge in [-0.3, -0.25) is 0 Å². The summed E-state index contributed by atoms with van der Waals surface area (Å²) in [4.78, 5) is 14.9. The van der Waals surface area contributed by atoms with Gasteiger partial charge in [0.15, 0.2) is 0 Å². The van der Waals surface area contributed by atoms with Gasteiger partial charge in [0.25, 0.3) is 11.6 Å². The van der Waals surface area contributed by atoms with Crippen molar-refractivity contribution in [2.24, 2.45) is 0 Å². The molecule has 14 heavy (non-hydrogen) atoms. The Hall–Kier alpha value is -1.52. The van der Waals surface area contributed by atoms with E-state index in [-0.39, 0.29) is 18.3 Å². The molecule has 0 saturated heterocycles. The number of hydrogen-bond donors (Lipinski definition) is 1. The Morgan fingerprint density at radius 3 is 2.71 bits per heavy atom. The number of carbonyl (C=O) groups excluding carboxylic acids is 1. The number of hydrogen-bond acceptors (Lipinski definition) is 5. The summed E-state index contributed by atoms with van der Waals surface area (Å²) in [5.41, 5.74) is 0. The van der Waals surface area contributed by atoms with Crippen LogP contribution in [0.5, 0.6) is 5.88 Å². The fraction of sp³-hybridized carbons (Fsp3) is 0.556. The Labute approximate surface area is 81.7 Å². The van der Waals surface area contributed by atoms with Crippen LogP contribution in [0.15, 0.2) is 4.42 Å². The highest BCUT2D eigenvalue weighted by Crippen LogP contribution is 2.23. The Kier molecular flexibility index (Phi) is 3.11. The SMILES string of the molecule is CCOC(=O)c1oc(C(C)C)nc1O. The first kappa shape index (κ1) is 10.6. The van der Waals surface area contributed by atoms with Gasteiger partial charge >= 0.3 is 5.97 Å². The zero-order chi connectivity index (χ0) is 10.7. The highest BCUT2D eigenvalue weighted by atomic mass is 16.5. The highest BCUT2D eigenvalue weighted by Gasteiger charge is 2.22. The molecule has 0 fully saturated rings. The molecule has 1 aromatic rings. The maximum absolute atomic E-state index is 11.2. The van der Waals surface area contributed by atoms with Crippen LogP contribution in [0.25, 0.3) is 0 Å². The molecule has 0 atom stereocenters. The van der Waals surface area contributed by atoms with Gasteiger partial charge in [-0.25, -0.2) is 4.79 Å². The van der Waals surface area contributed by atoms with E-state index in [9.17, 15) is 9.90 Å². The van der Waals surface area contributed by atoms with Crippen molar-refractivity contribution in [3.63, 3.8) is 0 Å². The molecular formula is C9H13NO4. The summed E-state index contributed by atoms with van der Waals surface area (Å²) in [6, 6.07) is 0. The fourth-order valence-corrected chi connectivity index (χ4v) is 0.905. The van der Waals surface area contributed by atoms with Crippen molar-refractivity contribution in [3.05, 3.63) is 11.7 Å². The summed E-state index contributed by atoms with van der Waals surface area (Å²) in [7, 11) is 0. The third-order valence-electron chi connectivity index (χ3n) is 1.58. The van der Waals surface area contributed by atoms with E-state index < -0.39 is 11.8 Å². The number of aromatic hydroxyl groups is 1. The van der Waals surface area contributed by atoms with E-state index in [1.54, 1.807) is 6.92 Å². The first-order chi connectivity index (χ1) is 6.56. The third kappa shape index (κ3) is 2.04. The molecular weight excluding hydrogens is 186 g/mol. The Balaban J connectivity index is 2.92. The van der Waals surface area contributed by atoms with Gasteiger partial charge in [0.2, 0.25) is 5.89 Å². The van der Waals surface area contributed by atoms with Crippen molar-refractivity contribution in [1.82, 2.24) is 4.98 Å². The average Bonchev–Trinajstić information content (AvgIpc) is 2.48. The molecule has 0 aromatic carbocycles. The number of esters is 1. The van der Waals surface area contributed by atoms with Gasteiger partial charge in [0.1, 0.15) is 0 Å². The van der Waals surface area contributed by atoms with Gasteiger partial charge in [-0.15, -0.1) is 0 Å². The number of nitrogens with zero attached hydrogens (tertiary/aromatic N) is 1. The maximum Gasteiger partial charge on any atom is 0.380 e. The molecule has 1 N–H and O–H groups in total. The normalized spacial score (nSPS) is 10.6. The lowest BCUT2D eigenvalue weighted by Crippen LogP contribution is -2.03. The van der Waals surface area contributed by atoms with Crippen LogP contribution in [-0.2, 0) is 4.74 Å². The van der Waals surface area contributed by atoms with E-state index >= 15 is 0 Å². The van der Waals surface area contributed by atoms with Gasteiger partial charge in [0.05, 0.1) is 6.61 Å². The number of rotatable bonds is 3. The lowest BCUT2D eigenvalue weighted by atomic mass is 10.2. The Morgan fingerprint density at radius 2 is 2.29 bits per heavy atom. The van der Waals surface area contributed by atoms with Crippen molar-refractivity contribution < 1.29 is 19.1 Å². The number of ether oxygens (including phenoxy) is 1. The molecule has 5 heteroatoms. The molecule has 0 unspecified atom stereocenters. The van der Waals surface area contributed by atoms with Crippen LogP contribution in [0.2, 0.25) is 0 Å². The van der Waals surface area contributed by atoms with Crippen LogP contribution < -0.4 is 0 Å². The van der Waals surface area contributed by atoms with Crippen LogP contribution in [0, 0.1) is 0 Å². The molecule has 0 radical (unpaired) electrons. The van der Waals surface area contributed by atoms with Crippen molar-refractivity contribution in [3.8, 4) is 5.88 Å². The zero-order valence-corrected chi connectivity index (χ0v) is 8.40. The minimum atomic E-state index is -0.690. The summed E-state index contributed by atoms with van der Waals surface area (Å²) in [6.45, 7) is 5.60. The van der Waals surface area contributed by atoms with Crippen molar-refractivity contribution in [1.29, 1.82) is 0 Å². The van der Waals surface area contributed by atoms with Crippen molar-refractivity contribution in [2.45, 2.75) is 26.7 Å². The Bertz CT molecular complexity index is 330. The molecule has 78 valence electrons. The lowest BCUT2D eigenvalue weighted by Gasteiger charge is -1.97. The fourth-order valence-electron chi connectivity index (χ4n) is 0.905. The third-order valence-corrected chi connectivity index (χ3v) is 1.58. The van der Waals surface area contributed by atoms with Gasteiger partial charge in [-0.2, -0.15) is 4.98 Å². The molecule has 0 amide bonds. The predicted molar refractivity (Wildman–Crippen MR) is 48.2 cm³/mol. The van der Waals surface area contributed by atoms with Crippen molar-refractivity contribution >= 4 is 5.97 Å². The molecule has 0 bridgehead atoms. The van der Waals surface area contributed by atoms with E-state index in [1.165, 1.54) is 0 Å². The van der Waals surface area contributed by atoms with Crippen LogP contribution in [0.4, 0.5) is 0 Å². The summed E-state index contributed by atoms with van der Waals surface area (Å²) < 4.78 is 9.72. The molecule has 0 saturated carbocycles. The van der Waals surface area contributed by atoms with Gasteiger partial charge in [0, 0.05) is 5.92 Å². The molecule has 0 aliphatic heterocycles. The monoisotopic (exact) mass is 199 g/mol. The van der Waals surface area contributed by atoms with Crippen molar-refractivity contribution in [2.75, 3.05) is 6.61 Å². The smallest absolute Gasteiger partial charge is 0.380 e. The van der Waals surface area contributed by atoms with E-state index in [4.69, 9.17) is 4.42 Å². The molecule has 1 rings (SSSR count). The summed E-state index contributed by atoms with van der Waals surface area (Å²) in [6.07, 6.45) is 0. The van der Waals surface area contributed by atoms with E-state index in [0.717, 1.165) is 0 Å². The minimum absolute atomic E-state index is 0.0177. The number of carbonyl (C=O) groups is 1. The molecule has 0 aliphatic carbocycles. The quantitative estimate of drug-likeness (QED) is 0.750. The lowest BCUT2D eigenvalue weighted by molar-refractivity contribution is 0.0483. The van der Waals surface area contributed by atoms with Crippen LogP contribution in [-0.4, -0.2) is 22.7 Å². The van der Waals surface area contributed by atoms with Gasteiger partial charge in [-0.1, -0.05) is 13.8 Å². The molecule has 1 heterocycles. The van der Waals surface area contributed by atoms with Crippen LogP contribution in [0.1, 0.15) is 43.1 Å². The highest BCUT2D eigenvalue weighted by molar-refractivity contribution is 5.88. The minimum Gasteiger partial charge on any atom is -0.490 e. The molecule has 1 aromatic heterocycles. The standard InChI is InChI=1S/C9H13NO4/c1-4-13-9(12)6-7(11)10-8(14-6)5(2)3/h5,11H,4H2,1-3H3.